The average molecular weight is 261 g/mol. The standard InChI is InChI=1S/C14H15NO4/c1-9-12(7-8-13(16)17)14(19-15-9)10-3-5-11(18-2)6-4-10/h3-6H,7-8H2,1-2H3,(H,16,17). The highest BCUT2D eigenvalue weighted by atomic mass is 16.5. The fourth-order valence-corrected chi connectivity index (χ4v) is 1.88. The summed E-state index contributed by atoms with van der Waals surface area (Å²) >= 11 is 0. The summed E-state index contributed by atoms with van der Waals surface area (Å²) in [4.78, 5) is 10.7. The number of carboxylic acids is 1. The van der Waals surface area contributed by atoms with Crippen molar-refractivity contribution >= 4 is 5.97 Å². The van der Waals surface area contributed by atoms with Crippen LogP contribution in [-0.4, -0.2) is 23.3 Å². The Morgan fingerprint density at radius 1 is 1.37 bits per heavy atom. The predicted molar refractivity (Wildman–Crippen MR) is 69.2 cm³/mol. The fourth-order valence-electron chi connectivity index (χ4n) is 1.88. The third-order valence-electron chi connectivity index (χ3n) is 2.93. The van der Waals surface area contributed by atoms with Gasteiger partial charge in [-0.3, -0.25) is 4.79 Å². The molecule has 2 rings (SSSR count). The lowest BCUT2D eigenvalue weighted by molar-refractivity contribution is -0.136. The van der Waals surface area contributed by atoms with E-state index in [1.54, 1.807) is 7.11 Å². The first-order valence-electron chi connectivity index (χ1n) is 5.93. The van der Waals surface area contributed by atoms with Crippen molar-refractivity contribution in [1.82, 2.24) is 5.16 Å². The highest BCUT2D eigenvalue weighted by molar-refractivity contribution is 5.69. The normalized spacial score (nSPS) is 10.4. The van der Waals surface area contributed by atoms with Crippen molar-refractivity contribution in [2.24, 2.45) is 0 Å². The second-order valence-electron chi connectivity index (χ2n) is 4.20. The van der Waals surface area contributed by atoms with E-state index in [0.29, 0.717) is 12.2 Å². The van der Waals surface area contributed by atoms with E-state index in [4.69, 9.17) is 14.4 Å². The Morgan fingerprint density at radius 3 is 2.63 bits per heavy atom. The molecule has 19 heavy (non-hydrogen) atoms. The van der Waals surface area contributed by atoms with Gasteiger partial charge in [0, 0.05) is 17.5 Å². The van der Waals surface area contributed by atoms with E-state index >= 15 is 0 Å². The summed E-state index contributed by atoms with van der Waals surface area (Å²) in [7, 11) is 1.60. The molecule has 100 valence electrons. The highest BCUT2D eigenvalue weighted by Crippen LogP contribution is 2.28. The molecule has 2 aromatic rings. The number of benzene rings is 1. The summed E-state index contributed by atoms with van der Waals surface area (Å²) in [5, 5.41) is 12.7. The monoisotopic (exact) mass is 261 g/mol. The lowest BCUT2D eigenvalue weighted by Crippen LogP contribution is -1.99. The molecule has 0 atom stereocenters. The summed E-state index contributed by atoms with van der Waals surface area (Å²) in [5.41, 5.74) is 2.43. The van der Waals surface area contributed by atoms with E-state index < -0.39 is 5.97 Å². The number of nitrogens with zero attached hydrogens (tertiary/aromatic N) is 1. The smallest absolute Gasteiger partial charge is 0.303 e. The molecule has 1 heterocycles. The van der Waals surface area contributed by atoms with E-state index in [9.17, 15) is 4.79 Å². The molecule has 0 fully saturated rings. The summed E-state index contributed by atoms with van der Waals surface area (Å²) in [6, 6.07) is 7.38. The fraction of sp³-hybridized carbons (Fsp3) is 0.286. The summed E-state index contributed by atoms with van der Waals surface area (Å²) in [5.74, 6) is 0.551. The van der Waals surface area contributed by atoms with Crippen LogP contribution in [0.1, 0.15) is 17.7 Å². The minimum Gasteiger partial charge on any atom is -0.497 e. The van der Waals surface area contributed by atoms with Gasteiger partial charge in [-0.15, -0.1) is 0 Å². The maximum Gasteiger partial charge on any atom is 0.303 e. The van der Waals surface area contributed by atoms with E-state index in [-0.39, 0.29) is 6.42 Å². The Balaban J connectivity index is 2.30. The predicted octanol–water partition coefficient (Wildman–Crippen LogP) is 2.68. The molecule has 1 N–H and O–H groups in total. The van der Waals surface area contributed by atoms with Crippen molar-refractivity contribution < 1.29 is 19.2 Å². The molecule has 0 radical (unpaired) electrons. The molecule has 0 amide bonds. The molecule has 0 saturated heterocycles. The number of aliphatic carboxylic acids is 1. The molecule has 0 aliphatic rings. The van der Waals surface area contributed by atoms with Gasteiger partial charge >= 0.3 is 5.97 Å². The first kappa shape index (κ1) is 13.1. The molecule has 0 spiro atoms. The third-order valence-corrected chi connectivity index (χ3v) is 2.93. The largest absolute Gasteiger partial charge is 0.497 e. The van der Waals surface area contributed by atoms with Crippen LogP contribution in [0.3, 0.4) is 0 Å². The first-order valence-corrected chi connectivity index (χ1v) is 5.93. The molecule has 1 aromatic heterocycles. The van der Waals surface area contributed by atoms with Gasteiger partial charge in [0.25, 0.3) is 0 Å². The van der Waals surface area contributed by atoms with Crippen LogP contribution in [0.25, 0.3) is 11.3 Å². The maximum absolute atomic E-state index is 10.7. The quantitative estimate of drug-likeness (QED) is 0.895. The van der Waals surface area contributed by atoms with Crippen LogP contribution in [0.4, 0.5) is 0 Å². The molecule has 0 bridgehead atoms. The zero-order chi connectivity index (χ0) is 13.8. The molecule has 0 aliphatic carbocycles. The van der Waals surface area contributed by atoms with Gasteiger partial charge in [0.1, 0.15) is 5.75 Å². The minimum atomic E-state index is -0.832. The lowest BCUT2D eigenvalue weighted by Gasteiger charge is -2.03. The zero-order valence-electron chi connectivity index (χ0n) is 10.8. The van der Waals surface area contributed by atoms with Crippen molar-refractivity contribution in [2.75, 3.05) is 7.11 Å². The molecule has 0 unspecified atom stereocenters. The minimum absolute atomic E-state index is 0.0607. The van der Waals surface area contributed by atoms with E-state index in [1.165, 1.54) is 0 Å². The SMILES string of the molecule is COc1ccc(-c2onc(C)c2CCC(=O)O)cc1. The number of carboxylic acid groups (broad SMARTS) is 1. The maximum atomic E-state index is 10.7. The van der Waals surface area contributed by atoms with Gasteiger partial charge in [0.2, 0.25) is 0 Å². The van der Waals surface area contributed by atoms with Crippen molar-refractivity contribution in [1.29, 1.82) is 0 Å². The van der Waals surface area contributed by atoms with E-state index in [0.717, 1.165) is 22.6 Å². The summed E-state index contributed by atoms with van der Waals surface area (Å²) in [6.45, 7) is 1.81. The van der Waals surface area contributed by atoms with Gasteiger partial charge in [0.05, 0.1) is 12.8 Å². The van der Waals surface area contributed by atoms with Crippen LogP contribution in [-0.2, 0) is 11.2 Å². The number of hydrogen-bond acceptors (Lipinski definition) is 4. The number of carbonyl (C=O) groups is 1. The van der Waals surface area contributed by atoms with E-state index in [2.05, 4.69) is 5.16 Å². The van der Waals surface area contributed by atoms with Crippen LogP contribution in [0, 0.1) is 6.92 Å². The van der Waals surface area contributed by atoms with Gasteiger partial charge in [-0.2, -0.15) is 0 Å². The molecule has 1 aromatic carbocycles. The van der Waals surface area contributed by atoms with Crippen LogP contribution in [0.5, 0.6) is 5.75 Å². The van der Waals surface area contributed by atoms with Crippen molar-refractivity contribution in [3.63, 3.8) is 0 Å². The van der Waals surface area contributed by atoms with Gasteiger partial charge in [-0.25, -0.2) is 0 Å². The molecule has 5 nitrogen and oxygen atoms in total. The number of ether oxygens (including phenoxy) is 1. The molecule has 5 heteroatoms. The summed E-state index contributed by atoms with van der Waals surface area (Å²) < 4.78 is 10.4. The number of methoxy groups -OCH3 is 1. The second-order valence-corrected chi connectivity index (χ2v) is 4.20. The van der Waals surface area contributed by atoms with Crippen molar-refractivity contribution in [3.8, 4) is 17.1 Å². The number of rotatable bonds is 5. The van der Waals surface area contributed by atoms with Gasteiger partial charge in [-0.1, -0.05) is 5.16 Å². The topological polar surface area (TPSA) is 72.6 Å². The van der Waals surface area contributed by atoms with Gasteiger partial charge in [-0.05, 0) is 37.6 Å². The van der Waals surface area contributed by atoms with Crippen LogP contribution >= 0.6 is 0 Å². The first-order chi connectivity index (χ1) is 9.11. The van der Waals surface area contributed by atoms with Gasteiger partial charge in [0.15, 0.2) is 5.76 Å². The zero-order valence-corrected chi connectivity index (χ0v) is 10.8. The molecular weight excluding hydrogens is 246 g/mol. The Bertz CT molecular complexity index is 572. The molecular formula is C14H15NO4. The van der Waals surface area contributed by atoms with Gasteiger partial charge < -0.3 is 14.4 Å². The van der Waals surface area contributed by atoms with Crippen molar-refractivity contribution in [3.05, 3.63) is 35.5 Å². The molecule has 0 saturated carbocycles. The third kappa shape index (κ3) is 2.93. The average Bonchev–Trinajstić information content (AvgIpc) is 2.78. The van der Waals surface area contributed by atoms with Crippen molar-refractivity contribution in [2.45, 2.75) is 19.8 Å². The number of hydrogen-bond donors (Lipinski definition) is 1. The number of aromatic nitrogens is 1. The Kier molecular flexibility index (Phi) is 3.85. The Hall–Kier alpha value is -2.30. The lowest BCUT2D eigenvalue weighted by atomic mass is 10.0. The molecule has 0 aliphatic heterocycles. The Morgan fingerprint density at radius 2 is 2.05 bits per heavy atom. The Labute approximate surface area is 110 Å². The number of aryl methyl sites for hydroxylation is 1. The van der Waals surface area contributed by atoms with Crippen LogP contribution in [0.2, 0.25) is 0 Å². The summed E-state index contributed by atoms with van der Waals surface area (Å²) in [6.07, 6.45) is 0.469. The second kappa shape index (κ2) is 5.56. The van der Waals surface area contributed by atoms with Crippen LogP contribution in [0.15, 0.2) is 28.8 Å². The highest BCUT2D eigenvalue weighted by Gasteiger charge is 2.15. The van der Waals surface area contributed by atoms with E-state index in [1.807, 2.05) is 31.2 Å². The van der Waals surface area contributed by atoms with Crippen LogP contribution < -0.4 is 4.74 Å².